The molecule has 0 amide bonds. The van der Waals surface area contributed by atoms with Crippen molar-refractivity contribution in [3.8, 4) is 0 Å². The zero-order chi connectivity index (χ0) is 17.9. The molecule has 0 atom stereocenters. The maximum Gasteiger partial charge on any atom is 0.337 e. The molecule has 4 rings (SSSR count). The van der Waals surface area contributed by atoms with Crippen molar-refractivity contribution in [2.75, 3.05) is 20.2 Å². The Bertz CT molecular complexity index is 899. The van der Waals surface area contributed by atoms with Crippen molar-refractivity contribution >= 4 is 17.0 Å². The van der Waals surface area contributed by atoms with Gasteiger partial charge in [0.2, 0.25) is 0 Å². The first kappa shape index (κ1) is 16.7. The Hall–Kier alpha value is -2.73. The standard InChI is InChI=1S/C20H22N4O2/c1-26-20(25)16-7-8-19-18(13-16)21-22-24(19)17-9-11-23(12-10-17)14-15-5-3-2-4-6-15/h2-8,13,17H,9-12,14H2,1H3/p+1. The van der Waals surface area contributed by atoms with Crippen LogP contribution in [0, 0.1) is 0 Å². The number of quaternary nitrogens is 1. The molecule has 0 spiro atoms. The highest BCUT2D eigenvalue weighted by Gasteiger charge is 2.25. The molecule has 134 valence electrons. The largest absolute Gasteiger partial charge is 0.465 e. The molecule has 6 nitrogen and oxygen atoms in total. The van der Waals surface area contributed by atoms with Gasteiger partial charge in [0.25, 0.3) is 0 Å². The Morgan fingerprint density at radius 2 is 1.96 bits per heavy atom. The van der Waals surface area contributed by atoms with Crippen LogP contribution >= 0.6 is 0 Å². The number of hydrogen-bond donors (Lipinski definition) is 1. The van der Waals surface area contributed by atoms with Crippen LogP contribution in [0.15, 0.2) is 48.5 Å². The predicted octanol–water partition coefficient (Wildman–Crippen LogP) is 1.64. The second kappa shape index (κ2) is 7.25. The quantitative estimate of drug-likeness (QED) is 0.726. The highest BCUT2D eigenvalue weighted by atomic mass is 16.5. The lowest BCUT2D eigenvalue weighted by Crippen LogP contribution is -3.11. The van der Waals surface area contributed by atoms with E-state index in [4.69, 9.17) is 4.74 Å². The molecule has 6 heteroatoms. The van der Waals surface area contributed by atoms with Crippen LogP contribution in [0.1, 0.15) is 34.8 Å². The summed E-state index contributed by atoms with van der Waals surface area (Å²) in [4.78, 5) is 13.3. The SMILES string of the molecule is COC(=O)c1ccc2c(c1)nnn2C1CC[NH+](Cc2ccccc2)CC1. The highest BCUT2D eigenvalue weighted by Crippen LogP contribution is 2.22. The van der Waals surface area contributed by atoms with Crippen molar-refractivity contribution in [2.24, 2.45) is 0 Å². The fraction of sp³-hybridized carbons (Fsp3) is 0.350. The van der Waals surface area contributed by atoms with Crippen molar-refractivity contribution < 1.29 is 14.4 Å². The minimum Gasteiger partial charge on any atom is -0.465 e. The van der Waals surface area contributed by atoms with Crippen LogP contribution in [0.25, 0.3) is 11.0 Å². The zero-order valence-corrected chi connectivity index (χ0v) is 14.9. The molecule has 26 heavy (non-hydrogen) atoms. The minimum atomic E-state index is -0.348. The average molecular weight is 351 g/mol. The summed E-state index contributed by atoms with van der Waals surface area (Å²) < 4.78 is 6.80. The Balaban J connectivity index is 1.45. The average Bonchev–Trinajstić information content (AvgIpc) is 3.12. The van der Waals surface area contributed by atoms with E-state index in [2.05, 4.69) is 40.6 Å². The molecule has 1 fully saturated rings. The Labute approximate surface area is 152 Å². The molecule has 0 saturated carbocycles. The van der Waals surface area contributed by atoms with E-state index in [0.717, 1.165) is 43.5 Å². The molecule has 0 radical (unpaired) electrons. The van der Waals surface area contributed by atoms with E-state index in [0.29, 0.717) is 11.6 Å². The van der Waals surface area contributed by atoms with E-state index in [1.165, 1.54) is 12.7 Å². The lowest BCUT2D eigenvalue weighted by molar-refractivity contribution is -0.919. The molecular weight excluding hydrogens is 328 g/mol. The zero-order valence-electron chi connectivity index (χ0n) is 14.9. The third kappa shape index (κ3) is 3.32. The number of hydrogen-bond acceptors (Lipinski definition) is 4. The molecule has 1 aliphatic heterocycles. The van der Waals surface area contributed by atoms with Gasteiger partial charge in [-0.15, -0.1) is 5.10 Å². The number of esters is 1. The fourth-order valence-electron chi connectivity index (χ4n) is 3.77. The topological polar surface area (TPSA) is 61.4 Å². The number of carbonyl (C=O) groups is 1. The Morgan fingerprint density at radius 1 is 1.19 bits per heavy atom. The summed E-state index contributed by atoms with van der Waals surface area (Å²) in [5, 5.41) is 8.62. The number of piperidine rings is 1. The van der Waals surface area contributed by atoms with Gasteiger partial charge in [-0.25, -0.2) is 9.48 Å². The van der Waals surface area contributed by atoms with E-state index in [-0.39, 0.29) is 5.97 Å². The smallest absolute Gasteiger partial charge is 0.337 e. The summed E-state index contributed by atoms with van der Waals surface area (Å²) in [5.74, 6) is -0.348. The molecule has 2 aromatic carbocycles. The van der Waals surface area contributed by atoms with Crippen LogP contribution < -0.4 is 4.90 Å². The lowest BCUT2D eigenvalue weighted by Gasteiger charge is -2.29. The van der Waals surface area contributed by atoms with Gasteiger partial charge in [0.1, 0.15) is 12.1 Å². The van der Waals surface area contributed by atoms with Gasteiger partial charge >= 0.3 is 5.97 Å². The molecule has 1 aromatic heterocycles. The number of likely N-dealkylation sites (tertiary alicyclic amines) is 1. The second-order valence-electron chi connectivity index (χ2n) is 6.87. The van der Waals surface area contributed by atoms with E-state index in [1.807, 2.05) is 10.7 Å². The van der Waals surface area contributed by atoms with Crippen molar-refractivity contribution in [3.05, 3.63) is 59.7 Å². The van der Waals surface area contributed by atoms with Gasteiger partial charge in [-0.3, -0.25) is 0 Å². The molecule has 1 aliphatic rings. The van der Waals surface area contributed by atoms with Crippen molar-refractivity contribution in [3.63, 3.8) is 0 Å². The lowest BCUT2D eigenvalue weighted by atomic mass is 10.0. The highest BCUT2D eigenvalue weighted by molar-refractivity contribution is 5.93. The van der Waals surface area contributed by atoms with Crippen molar-refractivity contribution in [1.29, 1.82) is 0 Å². The fourth-order valence-corrected chi connectivity index (χ4v) is 3.77. The third-order valence-corrected chi connectivity index (χ3v) is 5.20. The second-order valence-corrected chi connectivity index (χ2v) is 6.87. The summed E-state index contributed by atoms with van der Waals surface area (Å²) in [6, 6.07) is 16.5. The summed E-state index contributed by atoms with van der Waals surface area (Å²) in [6.45, 7) is 3.33. The maximum atomic E-state index is 11.7. The number of methoxy groups -OCH3 is 1. The monoisotopic (exact) mass is 351 g/mol. The van der Waals surface area contributed by atoms with E-state index >= 15 is 0 Å². The molecule has 1 N–H and O–H groups in total. The van der Waals surface area contributed by atoms with Gasteiger partial charge in [0.05, 0.1) is 37.3 Å². The van der Waals surface area contributed by atoms with E-state index in [1.54, 1.807) is 17.0 Å². The van der Waals surface area contributed by atoms with Gasteiger partial charge in [-0.2, -0.15) is 0 Å². The minimum absolute atomic E-state index is 0.348. The molecule has 0 aliphatic carbocycles. The molecule has 2 heterocycles. The van der Waals surface area contributed by atoms with Crippen LogP contribution in [0.2, 0.25) is 0 Å². The molecule has 0 unspecified atom stereocenters. The molecule has 3 aromatic rings. The summed E-state index contributed by atoms with van der Waals surface area (Å²) >= 11 is 0. The van der Waals surface area contributed by atoms with Gasteiger partial charge in [0.15, 0.2) is 0 Å². The normalized spacial score (nSPS) is 20.2. The summed E-state index contributed by atoms with van der Waals surface area (Å²) in [5.41, 5.74) is 3.62. The van der Waals surface area contributed by atoms with Gasteiger partial charge in [0, 0.05) is 18.4 Å². The van der Waals surface area contributed by atoms with Crippen LogP contribution in [0.5, 0.6) is 0 Å². The predicted molar refractivity (Wildman–Crippen MR) is 98.0 cm³/mol. The van der Waals surface area contributed by atoms with Gasteiger partial charge < -0.3 is 9.64 Å². The number of benzene rings is 2. The maximum absolute atomic E-state index is 11.7. The van der Waals surface area contributed by atoms with Gasteiger partial charge in [-0.05, 0) is 18.2 Å². The number of nitrogens with one attached hydrogen (secondary N) is 1. The van der Waals surface area contributed by atoms with Crippen LogP contribution in [-0.2, 0) is 11.3 Å². The first-order valence-corrected chi connectivity index (χ1v) is 9.05. The first-order chi connectivity index (χ1) is 12.7. The third-order valence-electron chi connectivity index (χ3n) is 5.20. The van der Waals surface area contributed by atoms with Crippen LogP contribution in [-0.4, -0.2) is 41.2 Å². The van der Waals surface area contributed by atoms with E-state index < -0.39 is 0 Å². The van der Waals surface area contributed by atoms with Crippen LogP contribution in [0.3, 0.4) is 0 Å². The Morgan fingerprint density at radius 3 is 2.69 bits per heavy atom. The molecular formula is C20H23N4O2+. The number of rotatable bonds is 4. The van der Waals surface area contributed by atoms with Crippen molar-refractivity contribution in [2.45, 2.75) is 25.4 Å². The first-order valence-electron chi connectivity index (χ1n) is 9.05. The Kier molecular flexibility index (Phi) is 4.67. The molecule has 1 saturated heterocycles. The van der Waals surface area contributed by atoms with Crippen molar-refractivity contribution in [1.82, 2.24) is 15.0 Å². The summed E-state index contributed by atoms with van der Waals surface area (Å²) in [6.07, 6.45) is 2.17. The van der Waals surface area contributed by atoms with Crippen LogP contribution in [0.4, 0.5) is 0 Å². The number of ether oxygens (including phenoxy) is 1. The summed E-state index contributed by atoms with van der Waals surface area (Å²) in [7, 11) is 1.38. The molecule has 0 bridgehead atoms. The number of fused-ring (bicyclic) bond motifs is 1. The number of aromatic nitrogens is 3. The van der Waals surface area contributed by atoms with Gasteiger partial charge in [-0.1, -0.05) is 35.5 Å². The number of nitrogens with zero attached hydrogens (tertiary/aromatic N) is 3. The van der Waals surface area contributed by atoms with E-state index in [9.17, 15) is 4.79 Å². The number of carbonyl (C=O) groups excluding carboxylic acids is 1.